The van der Waals surface area contributed by atoms with Crippen molar-refractivity contribution in [2.75, 3.05) is 31.2 Å². The second-order valence-electron chi connectivity index (χ2n) is 5.29. The summed E-state index contributed by atoms with van der Waals surface area (Å²) in [5.41, 5.74) is 0.168. The van der Waals surface area contributed by atoms with Gasteiger partial charge in [-0.15, -0.1) is 0 Å². The van der Waals surface area contributed by atoms with Gasteiger partial charge in [0.05, 0.1) is 19.8 Å². The van der Waals surface area contributed by atoms with Crippen molar-refractivity contribution in [2.24, 2.45) is 5.41 Å². The van der Waals surface area contributed by atoms with Crippen LogP contribution in [0.15, 0.2) is 12.4 Å². The summed E-state index contributed by atoms with van der Waals surface area (Å²) >= 11 is 5.92. The van der Waals surface area contributed by atoms with Gasteiger partial charge >= 0.3 is 0 Å². The van der Waals surface area contributed by atoms with E-state index in [9.17, 15) is 0 Å². The zero-order chi connectivity index (χ0) is 12.2. The van der Waals surface area contributed by atoms with Crippen molar-refractivity contribution in [1.82, 2.24) is 9.97 Å². The first-order valence-corrected chi connectivity index (χ1v) is 6.61. The van der Waals surface area contributed by atoms with Crippen LogP contribution in [0.1, 0.15) is 12.8 Å². The van der Waals surface area contributed by atoms with E-state index >= 15 is 0 Å². The molecule has 0 unspecified atom stereocenters. The highest BCUT2D eigenvalue weighted by molar-refractivity contribution is 6.29. The molecule has 18 heavy (non-hydrogen) atoms. The predicted molar refractivity (Wildman–Crippen MR) is 65.6 cm³/mol. The van der Waals surface area contributed by atoms with E-state index in [0.717, 1.165) is 18.9 Å². The zero-order valence-electron chi connectivity index (χ0n) is 9.93. The molecule has 1 saturated carbocycles. The van der Waals surface area contributed by atoms with E-state index in [0.29, 0.717) is 18.4 Å². The van der Waals surface area contributed by atoms with Crippen LogP contribution >= 0.6 is 11.6 Å². The zero-order valence-corrected chi connectivity index (χ0v) is 10.7. The third-order valence-corrected chi connectivity index (χ3v) is 4.46. The molecule has 1 aromatic rings. The minimum absolute atomic E-state index is 0.168. The molecule has 3 aliphatic rings. The lowest BCUT2D eigenvalue weighted by molar-refractivity contribution is -0.178. The summed E-state index contributed by atoms with van der Waals surface area (Å²) in [6, 6.07) is 1.80. The summed E-state index contributed by atoms with van der Waals surface area (Å²) in [6.07, 6.45) is 3.84. The van der Waals surface area contributed by atoms with Crippen LogP contribution < -0.4 is 4.90 Å². The van der Waals surface area contributed by atoms with Gasteiger partial charge in [-0.25, -0.2) is 9.97 Å². The highest BCUT2D eigenvalue weighted by Gasteiger charge is 2.68. The number of nitrogens with zero attached hydrogens (tertiary/aromatic N) is 3. The molecular weight excluding hydrogens is 254 g/mol. The van der Waals surface area contributed by atoms with Crippen molar-refractivity contribution in [3.05, 3.63) is 17.5 Å². The number of aromatic nitrogens is 2. The number of rotatable bonds is 1. The van der Waals surface area contributed by atoms with Crippen molar-refractivity contribution in [3.63, 3.8) is 0 Å². The Kier molecular flexibility index (Phi) is 2.17. The predicted octanol–water partition coefficient (Wildman–Crippen LogP) is 1.47. The van der Waals surface area contributed by atoms with Gasteiger partial charge in [0.2, 0.25) is 0 Å². The first-order chi connectivity index (χ1) is 8.73. The van der Waals surface area contributed by atoms with Crippen molar-refractivity contribution >= 4 is 17.4 Å². The van der Waals surface area contributed by atoms with Gasteiger partial charge in [-0.1, -0.05) is 11.6 Å². The van der Waals surface area contributed by atoms with E-state index in [1.54, 1.807) is 6.07 Å². The summed E-state index contributed by atoms with van der Waals surface area (Å²) in [5, 5.41) is 0.471. The van der Waals surface area contributed by atoms with E-state index in [1.807, 2.05) is 0 Å². The Balaban J connectivity index is 1.66. The number of halogens is 1. The largest absolute Gasteiger partial charge is 0.350 e. The van der Waals surface area contributed by atoms with Crippen molar-refractivity contribution in [1.29, 1.82) is 0 Å². The van der Waals surface area contributed by atoms with Crippen LogP contribution in [0, 0.1) is 5.41 Å². The molecular formula is C12H14ClN3O2. The van der Waals surface area contributed by atoms with E-state index < -0.39 is 5.79 Å². The Morgan fingerprint density at radius 1 is 1.17 bits per heavy atom. The van der Waals surface area contributed by atoms with E-state index in [1.165, 1.54) is 19.2 Å². The molecule has 4 rings (SSSR count). The van der Waals surface area contributed by atoms with Crippen LogP contribution in [0.3, 0.4) is 0 Å². The average Bonchev–Trinajstić information content (AvgIpc) is 2.87. The molecule has 1 aromatic heterocycles. The molecule has 2 aliphatic heterocycles. The summed E-state index contributed by atoms with van der Waals surface area (Å²) < 4.78 is 11.8. The second kappa shape index (κ2) is 3.56. The minimum atomic E-state index is -0.412. The van der Waals surface area contributed by atoms with Crippen molar-refractivity contribution in [3.8, 4) is 0 Å². The second-order valence-corrected chi connectivity index (χ2v) is 5.67. The lowest BCUT2D eigenvalue weighted by Crippen LogP contribution is -2.40. The summed E-state index contributed by atoms with van der Waals surface area (Å²) in [5.74, 6) is 0.446. The maximum absolute atomic E-state index is 5.92. The number of fused-ring (bicyclic) bond motifs is 1. The van der Waals surface area contributed by atoms with Gasteiger partial charge in [-0.2, -0.15) is 0 Å². The summed E-state index contributed by atoms with van der Waals surface area (Å²) in [7, 11) is 0. The molecule has 6 heteroatoms. The fourth-order valence-electron chi connectivity index (χ4n) is 3.16. The van der Waals surface area contributed by atoms with E-state index in [4.69, 9.17) is 21.1 Å². The van der Waals surface area contributed by atoms with Crippen LogP contribution in [-0.4, -0.2) is 42.1 Å². The molecule has 0 bridgehead atoms. The monoisotopic (exact) mass is 267 g/mol. The number of ether oxygens (including phenoxy) is 2. The Labute approximate surface area is 110 Å². The molecule has 3 fully saturated rings. The topological polar surface area (TPSA) is 47.5 Å². The molecule has 0 radical (unpaired) electrons. The quantitative estimate of drug-likeness (QED) is 0.721. The van der Waals surface area contributed by atoms with Gasteiger partial charge in [-0.05, 0) is 12.8 Å². The first-order valence-electron chi connectivity index (χ1n) is 6.24. The lowest BCUT2D eigenvalue weighted by atomic mass is 10.00. The minimum Gasteiger partial charge on any atom is -0.350 e. The molecule has 0 N–H and O–H groups in total. The maximum Gasteiger partial charge on any atom is 0.193 e. The van der Waals surface area contributed by atoms with Crippen LogP contribution in [0.25, 0.3) is 0 Å². The normalized spacial score (nSPS) is 27.3. The Hall–Kier alpha value is -0.910. The smallest absolute Gasteiger partial charge is 0.193 e. The molecule has 5 nitrogen and oxygen atoms in total. The van der Waals surface area contributed by atoms with Crippen LogP contribution in [0.5, 0.6) is 0 Å². The lowest BCUT2D eigenvalue weighted by Gasteiger charge is -2.27. The summed E-state index contributed by atoms with van der Waals surface area (Å²) in [6.45, 7) is 3.06. The first kappa shape index (κ1) is 11.0. The van der Waals surface area contributed by atoms with Gasteiger partial charge in [-0.3, -0.25) is 0 Å². The van der Waals surface area contributed by atoms with Crippen LogP contribution in [0.4, 0.5) is 5.82 Å². The molecule has 0 amide bonds. The van der Waals surface area contributed by atoms with Crippen LogP contribution in [-0.2, 0) is 9.47 Å². The molecule has 1 aliphatic carbocycles. The van der Waals surface area contributed by atoms with Crippen LogP contribution in [0.2, 0.25) is 5.15 Å². The van der Waals surface area contributed by atoms with Crippen molar-refractivity contribution < 1.29 is 9.47 Å². The van der Waals surface area contributed by atoms with E-state index in [-0.39, 0.29) is 5.41 Å². The van der Waals surface area contributed by atoms with Gasteiger partial charge in [0, 0.05) is 18.0 Å². The number of hydrogen-bond donors (Lipinski definition) is 0. The van der Waals surface area contributed by atoms with E-state index in [2.05, 4.69) is 14.9 Å². The Morgan fingerprint density at radius 2 is 1.94 bits per heavy atom. The highest BCUT2D eigenvalue weighted by Crippen LogP contribution is 2.61. The third kappa shape index (κ3) is 1.41. The fourth-order valence-corrected chi connectivity index (χ4v) is 3.30. The average molecular weight is 268 g/mol. The highest BCUT2D eigenvalue weighted by atomic mass is 35.5. The molecule has 2 saturated heterocycles. The third-order valence-electron chi connectivity index (χ3n) is 4.25. The van der Waals surface area contributed by atoms with Gasteiger partial charge in [0.25, 0.3) is 0 Å². The number of anilines is 1. The van der Waals surface area contributed by atoms with Crippen molar-refractivity contribution in [2.45, 2.75) is 18.6 Å². The standard InChI is InChI=1S/C12H14ClN3O2/c13-9-5-10(15-8-14-9)16-6-11(1-2-11)12(7-16)17-3-4-18-12/h5,8H,1-4,6-7H2. The Morgan fingerprint density at radius 3 is 2.61 bits per heavy atom. The molecule has 0 aromatic carbocycles. The molecule has 3 heterocycles. The fraction of sp³-hybridized carbons (Fsp3) is 0.667. The molecule has 96 valence electrons. The number of hydrogen-bond acceptors (Lipinski definition) is 5. The SMILES string of the molecule is Clc1cc(N2CC3(CC3)C3(C2)OCCO3)ncn1. The summed E-state index contributed by atoms with van der Waals surface area (Å²) in [4.78, 5) is 10.4. The molecule has 2 spiro atoms. The van der Waals surface area contributed by atoms with Gasteiger partial charge in [0.15, 0.2) is 5.79 Å². The Bertz CT molecular complexity index is 486. The molecule has 0 atom stereocenters. The van der Waals surface area contributed by atoms with Gasteiger partial charge in [0.1, 0.15) is 17.3 Å². The maximum atomic E-state index is 5.92. The van der Waals surface area contributed by atoms with Gasteiger partial charge < -0.3 is 14.4 Å².